The topological polar surface area (TPSA) is 65.8 Å². The van der Waals surface area contributed by atoms with E-state index < -0.39 is 6.17 Å². The summed E-state index contributed by atoms with van der Waals surface area (Å²) in [5.74, 6) is -0.0651. The molecule has 0 saturated carbocycles. The lowest BCUT2D eigenvalue weighted by Crippen LogP contribution is -2.37. The number of nitrogens with zero attached hydrogens (tertiary/aromatic N) is 5. The number of hydrogen-bond donors (Lipinski definition) is 1. The number of amides is 1. The van der Waals surface area contributed by atoms with Gasteiger partial charge in [0, 0.05) is 37.0 Å². The largest absolute Gasteiger partial charge is 0.347 e. The summed E-state index contributed by atoms with van der Waals surface area (Å²) >= 11 is 1.45. The molecule has 2 aromatic carbocycles. The highest BCUT2D eigenvalue weighted by Crippen LogP contribution is 2.38. The van der Waals surface area contributed by atoms with Crippen LogP contribution in [0.5, 0.6) is 0 Å². The number of hydrogen-bond acceptors (Lipinski definition) is 6. The number of fused-ring (bicyclic) bond motifs is 1. The van der Waals surface area contributed by atoms with E-state index in [0.717, 1.165) is 31.0 Å². The molecule has 2 aliphatic rings. The van der Waals surface area contributed by atoms with Crippen LogP contribution >= 0.6 is 11.8 Å². The number of aromatic nitrogens is 3. The summed E-state index contributed by atoms with van der Waals surface area (Å²) < 4.78 is 30.5. The van der Waals surface area contributed by atoms with E-state index in [1.807, 2.05) is 35.4 Å². The first-order valence-electron chi connectivity index (χ1n) is 13.1. The lowest BCUT2D eigenvalue weighted by molar-refractivity contribution is 0.0930. The molecule has 4 heterocycles. The fraction of sp³-hybridized carbons (Fsp3) is 0.345. The zero-order chi connectivity index (χ0) is 26.9. The Bertz CT molecular complexity index is 1480. The van der Waals surface area contributed by atoms with E-state index >= 15 is 0 Å². The summed E-state index contributed by atoms with van der Waals surface area (Å²) in [5.41, 5.74) is 2.83. The molecule has 202 valence electrons. The minimum Gasteiger partial charge on any atom is -0.347 e. The summed E-state index contributed by atoms with van der Waals surface area (Å²) in [4.78, 5) is 22.6. The van der Waals surface area contributed by atoms with Gasteiger partial charge in [-0.2, -0.15) is 0 Å². The third-order valence-electron chi connectivity index (χ3n) is 7.50. The van der Waals surface area contributed by atoms with Crippen molar-refractivity contribution in [3.8, 4) is 0 Å². The van der Waals surface area contributed by atoms with Crippen molar-refractivity contribution in [1.29, 1.82) is 0 Å². The molecule has 10 heteroatoms. The van der Waals surface area contributed by atoms with Gasteiger partial charge in [0.15, 0.2) is 11.3 Å². The third kappa shape index (κ3) is 5.49. The molecule has 2 aliphatic heterocycles. The van der Waals surface area contributed by atoms with Crippen LogP contribution in [0, 0.1) is 5.82 Å². The normalized spacial score (nSPS) is 21.6. The molecule has 2 aromatic heterocycles. The highest BCUT2D eigenvalue weighted by atomic mass is 32.2. The van der Waals surface area contributed by atoms with Crippen molar-refractivity contribution in [2.75, 3.05) is 30.8 Å². The number of imidazole rings is 1. The van der Waals surface area contributed by atoms with Crippen LogP contribution in [0.1, 0.15) is 40.5 Å². The molecular formula is C29H30F2N6OS. The summed E-state index contributed by atoms with van der Waals surface area (Å²) in [5, 5.41) is 7.84. The first-order valence-corrected chi connectivity index (χ1v) is 14.4. The minimum absolute atomic E-state index is 0.0313. The van der Waals surface area contributed by atoms with E-state index in [-0.39, 0.29) is 36.8 Å². The number of rotatable bonds is 7. The Balaban J connectivity index is 1.20. The Morgan fingerprint density at radius 1 is 1.13 bits per heavy atom. The van der Waals surface area contributed by atoms with Crippen LogP contribution in [0.25, 0.3) is 5.65 Å². The van der Waals surface area contributed by atoms with Gasteiger partial charge in [0.05, 0.1) is 18.8 Å². The van der Waals surface area contributed by atoms with Gasteiger partial charge in [-0.1, -0.05) is 30.3 Å². The number of benzene rings is 2. The van der Waals surface area contributed by atoms with Crippen molar-refractivity contribution < 1.29 is 13.6 Å². The van der Waals surface area contributed by atoms with Gasteiger partial charge >= 0.3 is 0 Å². The maximum absolute atomic E-state index is 14.7. The van der Waals surface area contributed by atoms with Gasteiger partial charge < -0.3 is 10.2 Å². The summed E-state index contributed by atoms with van der Waals surface area (Å²) in [6.07, 6.45) is 3.45. The molecule has 0 bridgehead atoms. The van der Waals surface area contributed by atoms with Gasteiger partial charge in [0.1, 0.15) is 17.8 Å². The average molecular weight is 549 g/mol. The van der Waals surface area contributed by atoms with Crippen molar-refractivity contribution in [2.45, 2.75) is 42.5 Å². The number of nitrogens with one attached hydrogen (secondary N) is 1. The predicted molar refractivity (Wildman–Crippen MR) is 148 cm³/mol. The minimum atomic E-state index is -1.07. The second-order valence-corrected chi connectivity index (χ2v) is 11.1. The maximum Gasteiger partial charge on any atom is 0.271 e. The van der Waals surface area contributed by atoms with Crippen LogP contribution in [0.3, 0.4) is 0 Å². The molecule has 0 spiro atoms. The van der Waals surface area contributed by atoms with E-state index in [2.05, 4.69) is 27.3 Å². The molecular weight excluding hydrogens is 518 g/mol. The van der Waals surface area contributed by atoms with Gasteiger partial charge in [-0.25, -0.2) is 18.3 Å². The summed E-state index contributed by atoms with van der Waals surface area (Å²) in [6, 6.07) is 18.4. The molecule has 3 atom stereocenters. The molecule has 3 unspecified atom stereocenters. The Hall–Kier alpha value is -3.50. The zero-order valence-corrected chi connectivity index (χ0v) is 22.5. The van der Waals surface area contributed by atoms with E-state index in [1.165, 1.54) is 40.2 Å². The van der Waals surface area contributed by atoms with E-state index in [1.54, 1.807) is 12.1 Å². The Morgan fingerprint density at radius 2 is 1.97 bits per heavy atom. The lowest BCUT2D eigenvalue weighted by atomic mass is 10.0. The number of carbonyl (C=O) groups is 1. The summed E-state index contributed by atoms with van der Waals surface area (Å²) in [6.45, 7) is 2.68. The summed E-state index contributed by atoms with van der Waals surface area (Å²) in [7, 11) is 0. The fourth-order valence-electron chi connectivity index (χ4n) is 5.62. The van der Waals surface area contributed by atoms with Crippen LogP contribution in [0.2, 0.25) is 0 Å². The predicted octanol–water partition coefficient (Wildman–Crippen LogP) is 4.88. The first-order chi connectivity index (χ1) is 19.0. The number of carbonyl (C=O) groups excluding carboxylic acids is 1. The van der Waals surface area contributed by atoms with Crippen LogP contribution in [0.15, 0.2) is 71.8 Å². The highest BCUT2D eigenvalue weighted by Gasteiger charge is 2.35. The molecule has 0 radical (unpaired) electrons. The second kappa shape index (κ2) is 10.9. The molecule has 6 rings (SSSR count). The number of alkyl halides is 1. The van der Waals surface area contributed by atoms with E-state index in [4.69, 9.17) is 5.10 Å². The van der Waals surface area contributed by atoms with Gasteiger partial charge in [0.25, 0.3) is 5.91 Å². The van der Waals surface area contributed by atoms with Gasteiger partial charge in [-0.05, 0) is 54.1 Å². The molecule has 1 amide bonds. The lowest BCUT2D eigenvalue weighted by Gasteiger charge is -2.26. The SMILES string of the molecule is CSc1cc(F)cc(C2CC(F)CN2c2ccc3ncc(C(=O)NC4CCN(Cc5ccccc5)C4)n3n2)c1. The smallest absolute Gasteiger partial charge is 0.271 e. The number of thioether (sulfide) groups is 1. The van der Waals surface area contributed by atoms with Crippen molar-refractivity contribution in [3.63, 3.8) is 0 Å². The maximum atomic E-state index is 14.7. The average Bonchev–Trinajstić information content (AvgIpc) is 3.67. The quantitative estimate of drug-likeness (QED) is 0.332. The molecule has 1 N–H and O–H groups in total. The molecule has 2 fully saturated rings. The van der Waals surface area contributed by atoms with Gasteiger partial charge in [-0.15, -0.1) is 16.9 Å². The van der Waals surface area contributed by atoms with Crippen LogP contribution < -0.4 is 10.2 Å². The van der Waals surface area contributed by atoms with Crippen molar-refractivity contribution in [2.24, 2.45) is 0 Å². The van der Waals surface area contributed by atoms with Crippen molar-refractivity contribution in [3.05, 3.63) is 89.5 Å². The van der Waals surface area contributed by atoms with Crippen LogP contribution in [-0.4, -0.2) is 63.5 Å². The molecule has 0 aliphatic carbocycles. The Labute approximate surface area is 230 Å². The molecule has 39 heavy (non-hydrogen) atoms. The Kier molecular flexibility index (Phi) is 7.22. The van der Waals surface area contributed by atoms with Crippen molar-refractivity contribution in [1.82, 2.24) is 24.8 Å². The fourth-order valence-corrected chi connectivity index (χ4v) is 6.10. The molecule has 2 saturated heterocycles. The van der Waals surface area contributed by atoms with Crippen molar-refractivity contribution >= 4 is 29.1 Å². The van der Waals surface area contributed by atoms with E-state index in [9.17, 15) is 13.6 Å². The zero-order valence-electron chi connectivity index (χ0n) is 21.6. The third-order valence-corrected chi connectivity index (χ3v) is 8.20. The Morgan fingerprint density at radius 3 is 2.79 bits per heavy atom. The number of likely N-dealkylation sites (tertiary alicyclic amines) is 1. The molecule has 7 nitrogen and oxygen atoms in total. The molecule has 4 aromatic rings. The van der Waals surface area contributed by atoms with Crippen LogP contribution in [-0.2, 0) is 6.54 Å². The first kappa shape index (κ1) is 25.8. The van der Waals surface area contributed by atoms with Gasteiger partial charge in [0.2, 0.25) is 0 Å². The highest BCUT2D eigenvalue weighted by molar-refractivity contribution is 7.98. The van der Waals surface area contributed by atoms with E-state index in [0.29, 0.717) is 22.7 Å². The monoisotopic (exact) mass is 548 g/mol. The van der Waals surface area contributed by atoms with Gasteiger partial charge in [-0.3, -0.25) is 9.69 Å². The van der Waals surface area contributed by atoms with Crippen LogP contribution in [0.4, 0.5) is 14.6 Å². The second-order valence-electron chi connectivity index (χ2n) is 10.2. The standard InChI is InChI=1S/C29H30F2N6OS/c1-39-24-12-20(11-21(30)13-24)25-14-22(31)17-36(25)28-8-7-27-32-15-26(37(27)34-28)29(38)33-23-9-10-35(18-23)16-19-5-3-2-4-6-19/h2-8,11-13,15,22-23,25H,9-10,14,16-18H2,1H3,(H,33,38). The number of anilines is 1. The number of halogens is 2.